The van der Waals surface area contributed by atoms with Crippen LogP contribution in [-0.2, 0) is 11.3 Å². The van der Waals surface area contributed by atoms with E-state index in [0.29, 0.717) is 12.8 Å². The van der Waals surface area contributed by atoms with Gasteiger partial charge in [-0.05, 0) is 36.1 Å². The smallest absolute Gasteiger partial charge is 0.325 e. The Morgan fingerprint density at radius 2 is 1.83 bits per heavy atom. The topological polar surface area (TPSA) is 61.9 Å². The van der Waals surface area contributed by atoms with Gasteiger partial charge in [-0.2, -0.15) is 0 Å². The Bertz CT molecular complexity index is 934. The van der Waals surface area contributed by atoms with E-state index in [-0.39, 0.29) is 18.5 Å². The molecule has 3 amide bonds. The van der Waals surface area contributed by atoms with E-state index in [1.165, 1.54) is 10.5 Å². The summed E-state index contributed by atoms with van der Waals surface area (Å²) in [6.45, 7) is 2.70. The lowest BCUT2D eigenvalue weighted by Gasteiger charge is -2.37. The molecule has 1 N–H and O–H groups in total. The molecule has 6 nitrogen and oxygen atoms in total. The largest absolute Gasteiger partial charge is 0.497 e. The highest BCUT2D eigenvalue weighted by molar-refractivity contribution is 6.07. The Hall–Kier alpha value is -3.12. The molecule has 2 aliphatic rings. The predicted molar refractivity (Wildman–Crippen MR) is 116 cm³/mol. The number of urea groups is 1. The maximum absolute atomic E-state index is 13.1. The number of amides is 3. The van der Waals surface area contributed by atoms with E-state index >= 15 is 0 Å². The minimum Gasteiger partial charge on any atom is -0.497 e. The molecule has 30 heavy (non-hydrogen) atoms. The number of ether oxygens (including phenoxy) is 1. The fraction of sp³-hybridized carbons (Fsp3) is 0.333. The highest BCUT2D eigenvalue weighted by atomic mass is 16.5. The quantitative estimate of drug-likeness (QED) is 0.749. The molecule has 2 aromatic carbocycles. The Morgan fingerprint density at radius 1 is 1.07 bits per heavy atom. The van der Waals surface area contributed by atoms with E-state index in [1.54, 1.807) is 7.11 Å². The fourth-order valence-corrected chi connectivity index (χ4v) is 4.15. The molecule has 2 heterocycles. The summed E-state index contributed by atoms with van der Waals surface area (Å²) in [5, 5.41) is 2.98. The van der Waals surface area contributed by atoms with Crippen LogP contribution in [0.25, 0.3) is 6.08 Å². The van der Waals surface area contributed by atoms with E-state index in [0.717, 1.165) is 30.9 Å². The molecular weight excluding hydrogens is 378 g/mol. The number of hydrogen-bond donors (Lipinski definition) is 1. The zero-order valence-electron chi connectivity index (χ0n) is 17.2. The molecule has 2 aliphatic heterocycles. The van der Waals surface area contributed by atoms with E-state index in [9.17, 15) is 9.59 Å². The summed E-state index contributed by atoms with van der Waals surface area (Å²) < 4.78 is 5.22. The molecule has 0 aliphatic carbocycles. The molecule has 0 unspecified atom stereocenters. The predicted octanol–water partition coefficient (Wildman–Crippen LogP) is 3.30. The molecule has 0 radical (unpaired) electrons. The van der Waals surface area contributed by atoms with E-state index in [2.05, 4.69) is 22.3 Å². The molecule has 6 heteroatoms. The molecule has 2 fully saturated rings. The summed E-state index contributed by atoms with van der Waals surface area (Å²) in [4.78, 5) is 29.2. The van der Waals surface area contributed by atoms with Gasteiger partial charge in [0.2, 0.25) is 0 Å². The maximum atomic E-state index is 13.1. The lowest BCUT2D eigenvalue weighted by molar-refractivity contribution is -0.132. The number of benzene rings is 2. The first kappa shape index (κ1) is 20.2. The minimum absolute atomic E-state index is 0.109. The Balaban J connectivity index is 1.35. The Labute approximate surface area is 177 Å². The normalized spacial score (nSPS) is 18.9. The van der Waals surface area contributed by atoms with Crippen LogP contribution in [0.1, 0.15) is 24.0 Å². The number of nitrogens with zero attached hydrogens (tertiary/aromatic N) is 2. The molecule has 4 rings (SSSR count). The minimum atomic E-state index is -0.756. The van der Waals surface area contributed by atoms with E-state index in [4.69, 9.17) is 4.74 Å². The second-order valence-corrected chi connectivity index (χ2v) is 7.87. The summed E-state index contributed by atoms with van der Waals surface area (Å²) in [6, 6.07) is 17.7. The van der Waals surface area contributed by atoms with Crippen LogP contribution in [0.2, 0.25) is 0 Å². The molecule has 2 saturated heterocycles. The standard InChI is InChI=1S/C24H27N3O3/c1-30-21-11-5-9-19(17-21)10-6-14-27-22(28)24(25-23(27)29)12-15-26(16-13-24)18-20-7-3-2-4-8-20/h2-11,17H,12-16,18H2,1H3,(H,25,29)/b10-6+. The number of imide groups is 1. The first-order valence-electron chi connectivity index (χ1n) is 10.3. The summed E-state index contributed by atoms with van der Waals surface area (Å²) >= 11 is 0. The lowest BCUT2D eigenvalue weighted by atomic mass is 9.87. The van der Waals surface area contributed by atoms with Crippen LogP contribution < -0.4 is 10.1 Å². The number of carbonyl (C=O) groups is 2. The third-order valence-electron chi connectivity index (χ3n) is 5.90. The van der Waals surface area contributed by atoms with Crippen molar-refractivity contribution < 1.29 is 14.3 Å². The third-order valence-corrected chi connectivity index (χ3v) is 5.90. The second kappa shape index (κ2) is 8.71. The van der Waals surface area contributed by atoms with Crippen molar-refractivity contribution in [1.82, 2.24) is 15.1 Å². The summed E-state index contributed by atoms with van der Waals surface area (Å²) in [6.07, 6.45) is 5.02. The van der Waals surface area contributed by atoms with Crippen molar-refractivity contribution in [3.05, 3.63) is 71.8 Å². The summed E-state index contributed by atoms with van der Waals surface area (Å²) in [7, 11) is 1.63. The van der Waals surface area contributed by atoms with Gasteiger partial charge in [-0.3, -0.25) is 14.6 Å². The van der Waals surface area contributed by atoms with Crippen molar-refractivity contribution in [2.45, 2.75) is 24.9 Å². The van der Waals surface area contributed by atoms with Gasteiger partial charge in [0.05, 0.1) is 7.11 Å². The van der Waals surface area contributed by atoms with Crippen molar-refractivity contribution in [3.63, 3.8) is 0 Å². The van der Waals surface area contributed by atoms with Crippen molar-refractivity contribution in [3.8, 4) is 5.75 Å². The lowest BCUT2D eigenvalue weighted by Crippen LogP contribution is -2.54. The summed E-state index contributed by atoms with van der Waals surface area (Å²) in [5.74, 6) is 0.663. The van der Waals surface area contributed by atoms with Gasteiger partial charge in [-0.15, -0.1) is 0 Å². The van der Waals surface area contributed by atoms with Crippen LogP contribution in [0.3, 0.4) is 0 Å². The molecule has 1 spiro atoms. The first-order valence-corrected chi connectivity index (χ1v) is 10.3. The monoisotopic (exact) mass is 405 g/mol. The van der Waals surface area contributed by atoms with Crippen molar-refractivity contribution >= 4 is 18.0 Å². The van der Waals surface area contributed by atoms with Gasteiger partial charge in [0.15, 0.2) is 0 Å². The first-order chi connectivity index (χ1) is 14.6. The third kappa shape index (κ3) is 4.24. The van der Waals surface area contributed by atoms with Crippen LogP contribution in [0.4, 0.5) is 4.79 Å². The number of piperidine rings is 1. The van der Waals surface area contributed by atoms with Gasteiger partial charge in [0, 0.05) is 26.2 Å². The van der Waals surface area contributed by atoms with Gasteiger partial charge in [-0.25, -0.2) is 4.79 Å². The van der Waals surface area contributed by atoms with E-state index in [1.807, 2.05) is 54.6 Å². The molecule has 156 valence electrons. The molecular formula is C24H27N3O3. The van der Waals surface area contributed by atoms with Crippen LogP contribution >= 0.6 is 0 Å². The SMILES string of the molecule is COc1cccc(/C=C/CN2C(=O)NC3(CCN(Cc4ccccc4)CC3)C2=O)c1. The van der Waals surface area contributed by atoms with Crippen molar-refractivity contribution in [1.29, 1.82) is 0 Å². The highest BCUT2D eigenvalue weighted by Crippen LogP contribution is 2.30. The molecule has 0 saturated carbocycles. The molecule has 0 aromatic heterocycles. The van der Waals surface area contributed by atoms with Gasteiger partial charge in [-0.1, -0.05) is 54.6 Å². The van der Waals surface area contributed by atoms with Gasteiger partial charge in [0.1, 0.15) is 11.3 Å². The Kier molecular flexibility index (Phi) is 5.86. The number of hydrogen-bond acceptors (Lipinski definition) is 4. The average molecular weight is 405 g/mol. The summed E-state index contributed by atoms with van der Waals surface area (Å²) in [5.41, 5.74) is 1.47. The van der Waals surface area contributed by atoms with Crippen LogP contribution in [0.15, 0.2) is 60.7 Å². The second-order valence-electron chi connectivity index (χ2n) is 7.87. The maximum Gasteiger partial charge on any atom is 0.325 e. The average Bonchev–Trinajstić information content (AvgIpc) is 3.00. The number of nitrogens with one attached hydrogen (secondary N) is 1. The molecule has 2 aromatic rings. The van der Waals surface area contributed by atoms with Gasteiger partial charge < -0.3 is 10.1 Å². The number of carbonyl (C=O) groups excluding carboxylic acids is 2. The number of likely N-dealkylation sites (tertiary alicyclic amines) is 1. The molecule has 0 atom stereocenters. The van der Waals surface area contributed by atoms with Crippen LogP contribution in [0.5, 0.6) is 5.75 Å². The van der Waals surface area contributed by atoms with Gasteiger partial charge >= 0.3 is 6.03 Å². The highest BCUT2D eigenvalue weighted by Gasteiger charge is 2.51. The molecule has 0 bridgehead atoms. The number of rotatable bonds is 6. The Morgan fingerprint density at radius 3 is 2.57 bits per heavy atom. The zero-order chi connectivity index (χ0) is 21.0. The van der Waals surface area contributed by atoms with Crippen molar-refractivity contribution in [2.24, 2.45) is 0 Å². The fourth-order valence-electron chi connectivity index (χ4n) is 4.15. The van der Waals surface area contributed by atoms with Crippen LogP contribution in [0, 0.1) is 0 Å². The van der Waals surface area contributed by atoms with Crippen molar-refractivity contribution in [2.75, 3.05) is 26.7 Å². The zero-order valence-corrected chi connectivity index (χ0v) is 17.2. The number of methoxy groups -OCH3 is 1. The van der Waals surface area contributed by atoms with E-state index < -0.39 is 5.54 Å². The van der Waals surface area contributed by atoms with Gasteiger partial charge in [0.25, 0.3) is 5.91 Å². The van der Waals surface area contributed by atoms with Crippen LogP contribution in [-0.4, -0.2) is 54.0 Å².